The van der Waals surface area contributed by atoms with E-state index in [-0.39, 0.29) is 0 Å². The highest BCUT2D eigenvalue weighted by molar-refractivity contribution is 6.35. The summed E-state index contributed by atoms with van der Waals surface area (Å²) in [4.78, 5) is 0. The molecule has 0 aliphatic rings. The van der Waals surface area contributed by atoms with E-state index in [4.69, 9.17) is 23.2 Å². The second-order valence-electron chi connectivity index (χ2n) is 6.42. The lowest BCUT2D eigenvalue weighted by Crippen LogP contribution is -1.94. The maximum Gasteiger partial charge on any atom is 0.0452 e. The van der Waals surface area contributed by atoms with Crippen LogP contribution in [-0.2, 0) is 12.8 Å². The van der Waals surface area contributed by atoms with Crippen molar-refractivity contribution in [1.82, 2.24) is 0 Å². The Balaban J connectivity index is 0.000000405. The zero-order valence-electron chi connectivity index (χ0n) is 15.9. The number of benzene rings is 2. The quantitative estimate of drug-likeness (QED) is 0.512. The Morgan fingerprint density at radius 3 is 1.75 bits per heavy atom. The van der Waals surface area contributed by atoms with Gasteiger partial charge >= 0.3 is 0 Å². The fourth-order valence-electron chi connectivity index (χ4n) is 2.21. The van der Waals surface area contributed by atoms with Crippen molar-refractivity contribution in [2.45, 2.75) is 54.4 Å². The van der Waals surface area contributed by atoms with Crippen molar-refractivity contribution in [2.24, 2.45) is 11.8 Å². The molecule has 0 aliphatic carbocycles. The van der Waals surface area contributed by atoms with Crippen molar-refractivity contribution in [3.05, 3.63) is 69.7 Å². The van der Waals surface area contributed by atoms with Crippen LogP contribution in [0.2, 0.25) is 10.0 Å². The van der Waals surface area contributed by atoms with Crippen LogP contribution in [0.25, 0.3) is 0 Å². The lowest BCUT2D eigenvalue weighted by Gasteiger charge is -2.06. The Bertz CT molecular complexity index is 545. The van der Waals surface area contributed by atoms with Gasteiger partial charge in [-0.15, -0.1) is 0 Å². The fourth-order valence-corrected chi connectivity index (χ4v) is 2.70. The molecule has 0 bridgehead atoms. The SMILES string of the molecule is CC.CC(C)Cc1ccc(Cl)cc1Cl.CC(C)Cc1ccccc1. The first-order valence-corrected chi connectivity index (χ1v) is 9.62. The van der Waals surface area contributed by atoms with Gasteiger partial charge in [-0.05, 0) is 47.9 Å². The van der Waals surface area contributed by atoms with Crippen LogP contribution in [0.3, 0.4) is 0 Å². The maximum absolute atomic E-state index is 5.99. The highest BCUT2D eigenvalue weighted by atomic mass is 35.5. The molecule has 0 atom stereocenters. The van der Waals surface area contributed by atoms with Crippen LogP contribution in [0.5, 0.6) is 0 Å². The predicted octanol–water partition coefficient (Wildman–Crippen LogP) is 8.10. The molecule has 2 heteroatoms. The number of hydrogen-bond acceptors (Lipinski definition) is 0. The van der Waals surface area contributed by atoms with E-state index < -0.39 is 0 Å². The summed E-state index contributed by atoms with van der Waals surface area (Å²) in [6.45, 7) is 12.8. The number of rotatable bonds is 4. The molecule has 0 heterocycles. The average molecular weight is 367 g/mol. The molecule has 134 valence electrons. The van der Waals surface area contributed by atoms with Gasteiger partial charge < -0.3 is 0 Å². The Morgan fingerprint density at radius 1 is 0.750 bits per heavy atom. The minimum Gasteiger partial charge on any atom is -0.0843 e. The van der Waals surface area contributed by atoms with E-state index in [9.17, 15) is 0 Å². The van der Waals surface area contributed by atoms with E-state index in [1.165, 1.54) is 17.5 Å². The van der Waals surface area contributed by atoms with Gasteiger partial charge in [0.2, 0.25) is 0 Å². The Kier molecular flexibility index (Phi) is 12.8. The van der Waals surface area contributed by atoms with Gasteiger partial charge in [0.25, 0.3) is 0 Å². The van der Waals surface area contributed by atoms with Crippen LogP contribution in [0, 0.1) is 11.8 Å². The van der Waals surface area contributed by atoms with Crippen LogP contribution in [0.4, 0.5) is 0 Å². The minimum absolute atomic E-state index is 0.628. The van der Waals surface area contributed by atoms with Gasteiger partial charge in [0, 0.05) is 10.0 Å². The highest BCUT2D eigenvalue weighted by Crippen LogP contribution is 2.23. The molecule has 2 rings (SSSR count). The minimum atomic E-state index is 0.628. The third-order valence-electron chi connectivity index (χ3n) is 3.13. The molecule has 0 aromatic heterocycles. The van der Waals surface area contributed by atoms with Gasteiger partial charge in [-0.2, -0.15) is 0 Å². The monoisotopic (exact) mass is 366 g/mol. The van der Waals surface area contributed by atoms with Crippen molar-refractivity contribution in [2.75, 3.05) is 0 Å². The molecule has 0 fully saturated rings. The molecule has 0 spiro atoms. The molecule has 0 saturated heterocycles. The molecule has 0 nitrogen and oxygen atoms in total. The summed E-state index contributed by atoms with van der Waals surface area (Å²) in [7, 11) is 0. The lowest BCUT2D eigenvalue weighted by atomic mass is 10.0. The summed E-state index contributed by atoms with van der Waals surface area (Å²) >= 11 is 11.8. The van der Waals surface area contributed by atoms with Crippen LogP contribution < -0.4 is 0 Å². The van der Waals surface area contributed by atoms with Gasteiger partial charge in [0.15, 0.2) is 0 Å². The van der Waals surface area contributed by atoms with Crippen molar-refractivity contribution >= 4 is 23.2 Å². The summed E-state index contributed by atoms with van der Waals surface area (Å²) in [5.41, 5.74) is 2.62. The molecule has 0 saturated carbocycles. The van der Waals surface area contributed by atoms with E-state index in [1.807, 2.05) is 26.0 Å². The lowest BCUT2D eigenvalue weighted by molar-refractivity contribution is 0.647. The normalized spacial score (nSPS) is 9.92. The third kappa shape index (κ3) is 10.7. The molecule has 0 aliphatic heterocycles. The molecule has 0 radical (unpaired) electrons. The zero-order chi connectivity index (χ0) is 18.5. The molecular weight excluding hydrogens is 335 g/mol. The Hall–Kier alpha value is -0.980. The topological polar surface area (TPSA) is 0 Å². The van der Waals surface area contributed by atoms with Crippen molar-refractivity contribution in [3.8, 4) is 0 Å². The van der Waals surface area contributed by atoms with Gasteiger partial charge in [0.05, 0.1) is 0 Å². The molecule has 0 N–H and O–H groups in total. The molecule has 2 aromatic rings. The van der Waals surface area contributed by atoms with Crippen LogP contribution in [-0.4, -0.2) is 0 Å². The Labute approximate surface area is 159 Å². The maximum atomic E-state index is 5.99. The Morgan fingerprint density at radius 2 is 1.29 bits per heavy atom. The first-order chi connectivity index (χ1) is 11.4. The van der Waals surface area contributed by atoms with Crippen molar-refractivity contribution in [1.29, 1.82) is 0 Å². The fraction of sp³-hybridized carbons (Fsp3) is 0.455. The predicted molar refractivity (Wildman–Crippen MR) is 111 cm³/mol. The summed E-state index contributed by atoms with van der Waals surface area (Å²) in [6, 6.07) is 16.3. The third-order valence-corrected chi connectivity index (χ3v) is 3.72. The second kappa shape index (κ2) is 13.3. The smallest absolute Gasteiger partial charge is 0.0452 e. The van der Waals surface area contributed by atoms with Gasteiger partial charge in [-0.1, -0.05) is 101 Å². The van der Waals surface area contributed by atoms with Crippen molar-refractivity contribution in [3.63, 3.8) is 0 Å². The van der Waals surface area contributed by atoms with Crippen LogP contribution in [0.1, 0.15) is 52.7 Å². The van der Waals surface area contributed by atoms with Gasteiger partial charge in [-0.25, -0.2) is 0 Å². The second-order valence-corrected chi connectivity index (χ2v) is 7.26. The van der Waals surface area contributed by atoms with Crippen LogP contribution in [0.15, 0.2) is 48.5 Å². The van der Waals surface area contributed by atoms with E-state index in [2.05, 4.69) is 58.0 Å². The molecule has 0 unspecified atom stereocenters. The largest absolute Gasteiger partial charge is 0.0843 e. The summed E-state index contributed by atoms with van der Waals surface area (Å²) in [5.74, 6) is 1.39. The molecule has 2 aromatic carbocycles. The van der Waals surface area contributed by atoms with Gasteiger partial charge in [0.1, 0.15) is 0 Å². The molecule has 24 heavy (non-hydrogen) atoms. The molecular formula is C22H32Cl2. The first-order valence-electron chi connectivity index (χ1n) is 8.86. The van der Waals surface area contributed by atoms with E-state index >= 15 is 0 Å². The standard InChI is InChI=1S/C10H12Cl2.C10H14.C2H6/c1-7(2)5-8-3-4-9(11)6-10(8)12;1-9(2)8-10-6-4-3-5-7-10;1-2/h3-4,6-7H,5H2,1-2H3;3-7,9H,8H2,1-2H3;1-2H3. The van der Waals surface area contributed by atoms with Crippen molar-refractivity contribution < 1.29 is 0 Å². The average Bonchev–Trinajstić information content (AvgIpc) is 2.53. The van der Waals surface area contributed by atoms with Gasteiger partial charge in [-0.3, -0.25) is 0 Å². The summed E-state index contributed by atoms with van der Waals surface area (Å²) < 4.78 is 0. The summed E-state index contributed by atoms with van der Waals surface area (Å²) in [5, 5.41) is 1.48. The summed E-state index contributed by atoms with van der Waals surface area (Å²) in [6.07, 6.45) is 2.21. The van der Waals surface area contributed by atoms with E-state index in [0.717, 1.165) is 17.4 Å². The molecule has 0 amide bonds. The number of halogens is 2. The van der Waals surface area contributed by atoms with E-state index in [0.29, 0.717) is 10.9 Å². The first kappa shape index (κ1) is 23.0. The highest BCUT2D eigenvalue weighted by Gasteiger charge is 2.02. The zero-order valence-corrected chi connectivity index (χ0v) is 17.5. The number of hydrogen-bond donors (Lipinski definition) is 0. The van der Waals surface area contributed by atoms with Crippen LogP contribution >= 0.6 is 23.2 Å². The van der Waals surface area contributed by atoms with E-state index in [1.54, 1.807) is 6.07 Å².